The van der Waals surface area contributed by atoms with Gasteiger partial charge in [0.25, 0.3) is 0 Å². The van der Waals surface area contributed by atoms with Crippen LogP contribution in [0, 0.1) is 12.3 Å². The van der Waals surface area contributed by atoms with Crippen LogP contribution in [0.3, 0.4) is 0 Å². The molecular formula is C15H19NOS. The second-order valence-corrected chi connectivity index (χ2v) is 4.79. The molecule has 0 aliphatic rings. The fourth-order valence-electron chi connectivity index (χ4n) is 1.78. The molecule has 1 aromatic rings. The molecule has 1 rings (SSSR count). The third-order valence-corrected chi connectivity index (χ3v) is 3.05. The molecule has 0 saturated carbocycles. The number of rotatable bonds is 6. The van der Waals surface area contributed by atoms with Gasteiger partial charge in [0.15, 0.2) is 0 Å². The fraction of sp³-hybridized carbons (Fsp3) is 0.400. The zero-order valence-corrected chi connectivity index (χ0v) is 11.6. The smallest absolute Gasteiger partial charge is 0.236 e. The number of benzene rings is 1. The van der Waals surface area contributed by atoms with Crippen LogP contribution in [-0.4, -0.2) is 29.1 Å². The van der Waals surface area contributed by atoms with Crippen molar-refractivity contribution in [2.45, 2.75) is 25.0 Å². The van der Waals surface area contributed by atoms with E-state index in [4.69, 9.17) is 6.42 Å². The highest BCUT2D eigenvalue weighted by molar-refractivity contribution is 7.81. The summed E-state index contributed by atoms with van der Waals surface area (Å²) in [5.74, 6) is 2.54. The topological polar surface area (TPSA) is 20.3 Å². The van der Waals surface area contributed by atoms with Gasteiger partial charge in [0, 0.05) is 6.54 Å². The Bertz CT molecular complexity index is 410. The lowest BCUT2D eigenvalue weighted by Crippen LogP contribution is -2.38. The Balaban J connectivity index is 2.62. The minimum atomic E-state index is -0.327. The lowest BCUT2D eigenvalue weighted by molar-refractivity contribution is -0.130. The van der Waals surface area contributed by atoms with E-state index in [1.807, 2.05) is 37.3 Å². The summed E-state index contributed by atoms with van der Waals surface area (Å²) >= 11 is 4.40. The number of hydrogen-bond donors (Lipinski definition) is 1. The first-order valence-corrected chi connectivity index (χ1v) is 6.65. The fourth-order valence-corrected chi connectivity index (χ4v) is 2.16. The number of nitrogens with zero attached hydrogens (tertiary/aromatic N) is 1. The molecule has 0 aromatic heterocycles. The predicted molar refractivity (Wildman–Crippen MR) is 78.6 cm³/mol. The van der Waals surface area contributed by atoms with Crippen molar-refractivity contribution in [1.29, 1.82) is 0 Å². The van der Waals surface area contributed by atoms with Crippen LogP contribution >= 0.6 is 12.6 Å². The van der Waals surface area contributed by atoms with Crippen LogP contribution in [0.1, 0.15) is 18.9 Å². The van der Waals surface area contributed by atoms with Gasteiger partial charge in [-0.15, -0.1) is 6.42 Å². The summed E-state index contributed by atoms with van der Waals surface area (Å²) in [5.41, 5.74) is 1.11. The largest absolute Gasteiger partial charge is 0.331 e. The first-order chi connectivity index (χ1) is 8.69. The molecule has 0 aliphatic carbocycles. The number of carbonyl (C=O) groups is 1. The Hall–Kier alpha value is -1.40. The summed E-state index contributed by atoms with van der Waals surface area (Å²) < 4.78 is 0. The summed E-state index contributed by atoms with van der Waals surface area (Å²) in [7, 11) is 0. The Labute approximate surface area is 115 Å². The van der Waals surface area contributed by atoms with Gasteiger partial charge in [-0.25, -0.2) is 0 Å². The van der Waals surface area contributed by atoms with Crippen molar-refractivity contribution in [3.05, 3.63) is 35.9 Å². The van der Waals surface area contributed by atoms with Gasteiger partial charge in [-0.2, -0.15) is 12.6 Å². The van der Waals surface area contributed by atoms with Crippen molar-refractivity contribution in [2.75, 3.05) is 13.1 Å². The molecule has 1 atom stereocenters. The van der Waals surface area contributed by atoms with Gasteiger partial charge in [0.05, 0.1) is 11.8 Å². The van der Waals surface area contributed by atoms with E-state index in [1.54, 1.807) is 4.90 Å². The molecule has 2 nitrogen and oxygen atoms in total. The van der Waals surface area contributed by atoms with E-state index < -0.39 is 0 Å². The molecule has 0 radical (unpaired) electrons. The molecule has 0 spiro atoms. The van der Waals surface area contributed by atoms with Crippen molar-refractivity contribution in [3.8, 4) is 12.3 Å². The van der Waals surface area contributed by atoms with E-state index in [0.717, 1.165) is 12.0 Å². The van der Waals surface area contributed by atoms with Crippen molar-refractivity contribution in [1.82, 2.24) is 4.90 Å². The van der Waals surface area contributed by atoms with Crippen LogP contribution in [0.15, 0.2) is 30.3 Å². The van der Waals surface area contributed by atoms with Gasteiger partial charge in [0.1, 0.15) is 0 Å². The summed E-state index contributed by atoms with van der Waals surface area (Å²) in [6.07, 6.45) is 6.82. The average Bonchev–Trinajstić information content (AvgIpc) is 2.39. The highest BCUT2D eigenvalue weighted by atomic mass is 32.1. The maximum Gasteiger partial charge on any atom is 0.236 e. The van der Waals surface area contributed by atoms with Crippen LogP contribution < -0.4 is 0 Å². The molecule has 0 aliphatic heterocycles. The van der Waals surface area contributed by atoms with Crippen LogP contribution in [0.2, 0.25) is 0 Å². The van der Waals surface area contributed by atoms with Crippen molar-refractivity contribution in [2.24, 2.45) is 0 Å². The molecule has 0 saturated heterocycles. The Kier molecular flexibility index (Phi) is 6.38. The lowest BCUT2D eigenvalue weighted by atomic mass is 10.1. The van der Waals surface area contributed by atoms with Gasteiger partial charge >= 0.3 is 0 Å². The highest BCUT2D eigenvalue weighted by Gasteiger charge is 2.20. The molecule has 1 aromatic carbocycles. The van der Waals surface area contributed by atoms with Crippen LogP contribution in [0.25, 0.3) is 0 Å². The first-order valence-electron chi connectivity index (χ1n) is 6.13. The van der Waals surface area contributed by atoms with E-state index in [9.17, 15) is 4.79 Å². The second-order valence-electron chi connectivity index (χ2n) is 4.17. The third kappa shape index (κ3) is 4.46. The normalized spacial score (nSPS) is 11.6. The number of carbonyl (C=O) groups excluding carboxylic acids is 1. The van der Waals surface area contributed by atoms with Crippen molar-refractivity contribution < 1.29 is 4.79 Å². The summed E-state index contributed by atoms with van der Waals surface area (Å²) in [6.45, 7) is 3.08. The molecule has 1 amide bonds. The first kappa shape index (κ1) is 14.7. The molecule has 0 bridgehead atoms. The number of amides is 1. The SMILES string of the molecule is C#CCN(CCC)C(=O)C(S)Cc1ccccc1. The third-order valence-electron chi connectivity index (χ3n) is 2.64. The molecule has 3 heteroatoms. The van der Waals surface area contributed by atoms with Gasteiger partial charge < -0.3 is 4.90 Å². The van der Waals surface area contributed by atoms with E-state index in [0.29, 0.717) is 19.5 Å². The average molecular weight is 261 g/mol. The Morgan fingerprint density at radius 3 is 2.67 bits per heavy atom. The van der Waals surface area contributed by atoms with E-state index >= 15 is 0 Å². The van der Waals surface area contributed by atoms with Gasteiger partial charge in [-0.3, -0.25) is 4.79 Å². The van der Waals surface area contributed by atoms with E-state index in [1.165, 1.54) is 0 Å². The summed E-state index contributed by atoms with van der Waals surface area (Å²) in [4.78, 5) is 13.9. The molecule has 0 fully saturated rings. The van der Waals surface area contributed by atoms with Gasteiger partial charge in [0.2, 0.25) is 5.91 Å². The molecular weight excluding hydrogens is 242 g/mol. The number of hydrogen-bond acceptors (Lipinski definition) is 2. The van der Waals surface area contributed by atoms with Crippen molar-refractivity contribution in [3.63, 3.8) is 0 Å². The molecule has 96 valence electrons. The molecule has 18 heavy (non-hydrogen) atoms. The monoisotopic (exact) mass is 261 g/mol. The summed E-state index contributed by atoms with van der Waals surface area (Å²) in [6, 6.07) is 9.89. The predicted octanol–water partition coefficient (Wildman–Crippen LogP) is 2.40. The minimum absolute atomic E-state index is 0.0157. The van der Waals surface area contributed by atoms with Gasteiger partial charge in [-0.05, 0) is 18.4 Å². The van der Waals surface area contributed by atoms with Gasteiger partial charge in [-0.1, -0.05) is 43.2 Å². The standard InChI is InChI=1S/C15H19NOS/c1-3-10-16(11-4-2)15(17)14(18)12-13-8-6-5-7-9-13/h1,5-9,14,18H,4,10-12H2,2H3. The van der Waals surface area contributed by atoms with Crippen LogP contribution in [-0.2, 0) is 11.2 Å². The highest BCUT2D eigenvalue weighted by Crippen LogP contribution is 2.11. The van der Waals surface area contributed by atoms with Crippen LogP contribution in [0.4, 0.5) is 0 Å². The second kappa shape index (κ2) is 7.84. The minimum Gasteiger partial charge on any atom is -0.331 e. The Morgan fingerprint density at radius 1 is 1.44 bits per heavy atom. The number of thiol groups is 1. The Morgan fingerprint density at radius 2 is 2.11 bits per heavy atom. The zero-order valence-electron chi connectivity index (χ0n) is 10.7. The maximum atomic E-state index is 12.2. The van der Waals surface area contributed by atoms with Crippen LogP contribution in [0.5, 0.6) is 0 Å². The molecule has 1 unspecified atom stereocenters. The maximum absolute atomic E-state index is 12.2. The zero-order chi connectivity index (χ0) is 13.4. The number of terminal acetylenes is 1. The molecule has 0 N–H and O–H groups in total. The van der Waals surface area contributed by atoms with E-state index in [2.05, 4.69) is 18.5 Å². The lowest BCUT2D eigenvalue weighted by Gasteiger charge is -2.23. The molecule has 0 heterocycles. The van der Waals surface area contributed by atoms with E-state index in [-0.39, 0.29) is 11.2 Å². The quantitative estimate of drug-likeness (QED) is 0.616. The summed E-state index contributed by atoms with van der Waals surface area (Å²) in [5, 5.41) is -0.327. The van der Waals surface area contributed by atoms with Crippen molar-refractivity contribution >= 4 is 18.5 Å².